The van der Waals surface area contributed by atoms with Crippen molar-refractivity contribution in [2.24, 2.45) is 0 Å². The van der Waals surface area contributed by atoms with E-state index in [0.717, 1.165) is 12.1 Å². The fourth-order valence-electron chi connectivity index (χ4n) is 1.24. The molecule has 1 aromatic rings. The minimum atomic E-state index is -1.22. The zero-order chi connectivity index (χ0) is 13.0. The molecule has 0 bridgehead atoms. The fourth-order valence-corrected chi connectivity index (χ4v) is 1.63. The fraction of sp³-hybridized carbons (Fsp3) is 0.300. The van der Waals surface area contributed by atoms with Gasteiger partial charge in [0.1, 0.15) is 5.82 Å². The van der Waals surface area contributed by atoms with Gasteiger partial charge in [0, 0.05) is 35.0 Å². The Labute approximate surface area is 100 Å². The summed E-state index contributed by atoms with van der Waals surface area (Å²) in [6.07, 6.45) is 1.53. The summed E-state index contributed by atoms with van der Waals surface area (Å²) in [6, 6.07) is 2.08. The van der Waals surface area contributed by atoms with Gasteiger partial charge in [-0.1, -0.05) is 0 Å². The van der Waals surface area contributed by atoms with E-state index in [-0.39, 0.29) is 16.9 Å². The molecule has 0 amide bonds. The molecule has 0 saturated carbocycles. The van der Waals surface area contributed by atoms with Gasteiger partial charge in [0.05, 0.1) is 11.3 Å². The second-order valence-electron chi connectivity index (χ2n) is 3.43. The monoisotopic (exact) mass is 260 g/mol. The standard InChI is InChI=1S/C10H13FN2O3S/c1-17(16)3-2-13-9-4-6(10(14)15)8(12)5-7(9)11/h4-5,13H,2-3,12H2,1H3,(H,14,15). The van der Waals surface area contributed by atoms with Crippen LogP contribution in [0.4, 0.5) is 15.8 Å². The van der Waals surface area contributed by atoms with Gasteiger partial charge in [0.15, 0.2) is 0 Å². The molecule has 0 fully saturated rings. The Morgan fingerprint density at radius 2 is 2.24 bits per heavy atom. The highest BCUT2D eigenvalue weighted by atomic mass is 32.2. The number of aromatic carboxylic acids is 1. The summed E-state index contributed by atoms with van der Waals surface area (Å²) in [5.74, 6) is -1.49. The summed E-state index contributed by atoms with van der Waals surface area (Å²) in [5.41, 5.74) is 5.13. The normalized spacial score (nSPS) is 12.1. The molecule has 0 aliphatic carbocycles. The van der Waals surface area contributed by atoms with Crippen LogP contribution in [0.3, 0.4) is 0 Å². The van der Waals surface area contributed by atoms with Crippen LogP contribution in [0.15, 0.2) is 12.1 Å². The third-order valence-electron chi connectivity index (χ3n) is 2.07. The van der Waals surface area contributed by atoms with E-state index in [0.29, 0.717) is 12.3 Å². The summed E-state index contributed by atoms with van der Waals surface area (Å²) in [7, 11) is -0.990. The Bertz CT molecular complexity index is 465. The van der Waals surface area contributed by atoms with E-state index in [1.807, 2.05) is 0 Å². The van der Waals surface area contributed by atoms with Crippen molar-refractivity contribution in [1.29, 1.82) is 0 Å². The van der Waals surface area contributed by atoms with Crippen molar-refractivity contribution >= 4 is 28.1 Å². The molecular weight excluding hydrogens is 247 g/mol. The number of carbonyl (C=O) groups is 1. The highest BCUT2D eigenvalue weighted by molar-refractivity contribution is 7.84. The predicted molar refractivity (Wildman–Crippen MR) is 65.2 cm³/mol. The van der Waals surface area contributed by atoms with Crippen LogP contribution in [0.5, 0.6) is 0 Å². The first-order chi connectivity index (χ1) is 7.91. The number of anilines is 2. The van der Waals surface area contributed by atoms with E-state index in [9.17, 15) is 13.4 Å². The summed E-state index contributed by atoms with van der Waals surface area (Å²) in [6.45, 7) is 0.295. The van der Waals surface area contributed by atoms with Crippen molar-refractivity contribution in [3.63, 3.8) is 0 Å². The second-order valence-corrected chi connectivity index (χ2v) is 4.98. The minimum absolute atomic E-state index is 0.0436. The molecule has 0 aliphatic heterocycles. The molecule has 0 radical (unpaired) electrons. The number of hydrogen-bond acceptors (Lipinski definition) is 4. The van der Waals surface area contributed by atoms with E-state index >= 15 is 0 Å². The first kappa shape index (κ1) is 13.4. The van der Waals surface area contributed by atoms with Crippen LogP contribution in [-0.4, -0.2) is 33.8 Å². The Balaban J connectivity index is 2.88. The maximum Gasteiger partial charge on any atom is 0.337 e. The van der Waals surface area contributed by atoms with Crippen molar-refractivity contribution in [2.75, 3.05) is 29.6 Å². The molecule has 0 heterocycles. The predicted octanol–water partition coefficient (Wildman–Crippen LogP) is 0.896. The first-order valence-corrected chi connectivity index (χ1v) is 6.50. The lowest BCUT2D eigenvalue weighted by molar-refractivity contribution is 0.0698. The minimum Gasteiger partial charge on any atom is -0.478 e. The van der Waals surface area contributed by atoms with Crippen molar-refractivity contribution in [1.82, 2.24) is 0 Å². The van der Waals surface area contributed by atoms with Gasteiger partial charge in [-0.2, -0.15) is 0 Å². The van der Waals surface area contributed by atoms with Gasteiger partial charge in [-0.25, -0.2) is 9.18 Å². The van der Waals surface area contributed by atoms with Crippen LogP contribution in [0.1, 0.15) is 10.4 Å². The molecule has 0 aliphatic rings. The second kappa shape index (κ2) is 5.62. The lowest BCUT2D eigenvalue weighted by atomic mass is 10.1. The number of nitrogens with one attached hydrogen (secondary N) is 1. The summed E-state index contributed by atoms with van der Waals surface area (Å²) < 4.78 is 24.2. The molecule has 1 atom stereocenters. The average molecular weight is 260 g/mol. The quantitative estimate of drug-likeness (QED) is 0.684. The largest absolute Gasteiger partial charge is 0.478 e. The molecule has 1 rings (SSSR count). The highest BCUT2D eigenvalue weighted by Gasteiger charge is 2.12. The number of hydrogen-bond donors (Lipinski definition) is 3. The summed E-state index contributed by atoms with van der Waals surface area (Å²) in [5, 5.41) is 11.5. The molecule has 0 spiro atoms. The molecular formula is C10H13FN2O3S. The summed E-state index contributed by atoms with van der Waals surface area (Å²) in [4.78, 5) is 10.8. The van der Waals surface area contributed by atoms with E-state index in [1.165, 1.54) is 6.26 Å². The van der Waals surface area contributed by atoms with Crippen molar-refractivity contribution < 1.29 is 18.5 Å². The molecule has 5 nitrogen and oxygen atoms in total. The molecule has 1 aromatic carbocycles. The Kier molecular flexibility index (Phi) is 4.45. The number of nitrogen functional groups attached to an aromatic ring is 1. The van der Waals surface area contributed by atoms with E-state index < -0.39 is 22.6 Å². The Morgan fingerprint density at radius 3 is 2.76 bits per heavy atom. The number of rotatable bonds is 5. The Morgan fingerprint density at radius 1 is 1.59 bits per heavy atom. The molecule has 0 saturated heterocycles. The zero-order valence-electron chi connectivity index (χ0n) is 9.20. The lowest BCUT2D eigenvalue weighted by Gasteiger charge is -2.09. The Hall–Kier alpha value is -1.63. The summed E-state index contributed by atoms with van der Waals surface area (Å²) >= 11 is 0. The van der Waals surface area contributed by atoms with Crippen molar-refractivity contribution in [3.05, 3.63) is 23.5 Å². The van der Waals surface area contributed by atoms with Crippen LogP contribution in [0, 0.1) is 5.82 Å². The number of benzene rings is 1. The van der Waals surface area contributed by atoms with Gasteiger partial charge in [-0.15, -0.1) is 0 Å². The van der Waals surface area contributed by atoms with E-state index in [1.54, 1.807) is 0 Å². The topological polar surface area (TPSA) is 92.4 Å². The van der Waals surface area contributed by atoms with Gasteiger partial charge in [0.2, 0.25) is 0 Å². The molecule has 17 heavy (non-hydrogen) atoms. The van der Waals surface area contributed by atoms with Gasteiger partial charge >= 0.3 is 5.97 Å². The third kappa shape index (κ3) is 3.70. The molecule has 4 N–H and O–H groups in total. The highest BCUT2D eigenvalue weighted by Crippen LogP contribution is 2.22. The zero-order valence-corrected chi connectivity index (χ0v) is 10.0. The van der Waals surface area contributed by atoms with Crippen LogP contribution >= 0.6 is 0 Å². The smallest absolute Gasteiger partial charge is 0.337 e. The number of carboxylic acid groups (broad SMARTS) is 1. The average Bonchev–Trinajstić information content (AvgIpc) is 2.20. The maximum absolute atomic E-state index is 13.4. The molecule has 0 aromatic heterocycles. The number of carboxylic acids is 1. The lowest BCUT2D eigenvalue weighted by Crippen LogP contribution is -2.12. The van der Waals surface area contributed by atoms with Crippen molar-refractivity contribution in [2.45, 2.75) is 0 Å². The first-order valence-electron chi connectivity index (χ1n) is 4.78. The molecule has 94 valence electrons. The van der Waals surface area contributed by atoms with Crippen LogP contribution < -0.4 is 11.1 Å². The van der Waals surface area contributed by atoms with Crippen molar-refractivity contribution in [3.8, 4) is 0 Å². The number of nitrogens with two attached hydrogens (primary N) is 1. The van der Waals surface area contributed by atoms with Crippen LogP contribution in [0.2, 0.25) is 0 Å². The SMILES string of the molecule is CS(=O)CCNc1cc(C(=O)O)c(N)cc1F. The third-order valence-corrected chi connectivity index (χ3v) is 2.85. The number of halogens is 1. The van der Waals surface area contributed by atoms with E-state index in [2.05, 4.69) is 5.32 Å². The maximum atomic E-state index is 13.4. The van der Waals surface area contributed by atoms with E-state index in [4.69, 9.17) is 10.8 Å². The molecule has 7 heteroatoms. The van der Waals surface area contributed by atoms with Gasteiger partial charge in [-0.3, -0.25) is 4.21 Å². The van der Waals surface area contributed by atoms with Gasteiger partial charge < -0.3 is 16.2 Å². The van der Waals surface area contributed by atoms with Gasteiger partial charge in [0.25, 0.3) is 0 Å². The molecule has 1 unspecified atom stereocenters. The van der Waals surface area contributed by atoms with Gasteiger partial charge in [-0.05, 0) is 12.1 Å². The van der Waals surface area contributed by atoms with Crippen LogP contribution in [-0.2, 0) is 10.8 Å². The van der Waals surface area contributed by atoms with Crippen LogP contribution in [0.25, 0.3) is 0 Å².